The lowest BCUT2D eigenvalue weighted by Gasteiger charge is -2.07. The first-order valence-corrected chi connectivity index (χ1v) is 4.96. The van der Waals surface area contributed by atoms with Crippen LogP contribution in [0.15, 0.2) is 30.0 Å². The van der Waals surface area contributed by atoms with Crippen molar-refractivity contribution in [3.63, 3.8) is 0 Å². The molecule has 0 aliphatic heterocycles. The van der Waals surface area contributed by atoms with Gasteiger partial charge in [-0.3, -0.25) is 0 Å². The Hall–Kier alpha value is -2.52. The van der Waals surface area contributed by atoms with Gasteiger partial charge in [0.25, 0.3) is 0 Å². The van der Waals surface area contributed by atoms with E-state index in [0.717, 1.165) is 0 Å². The molecule has 0 fully saturated rings. The highest BCUT2D eigenvalue weighted by Crippen LogP contribution is 2.20. The lowest BCUT2D eigenvalue weighted by molar-refractivity contribution is -0.134. The zero-order valence-electron chi connectivity index (χ0n) is 8.85. The summed E-state index contributed by atoms with van der Waals surface area (Å²) in [6.07, 6.45) is 0.517. The molecule has 0 atom stereocenters. The molecule has 0 amide bonds. The Bertz CT molecular complexity index is 575. The topological polar surface area (TPSA) is 110 Å². The Kier molecular flexibility index (Phi) is 4.29. The smallest absolute Gasteiger partial charge is 0.352 e. The van der Waals surface area contributed by atoms with Crippen LogP contribution in [0.1, 0.15) is 5.56 Å². The fourth-order valence-corrected chi connectivity index (χ4v) is 1.28. The molecule has 0 bridgehead atoms. The molecule has 3 N–H and O–H groups in total. The first-order valence-electron chi connectivity index (χ1n) is 4.58. The van der Waals surface area contributed by atoms with Crippen molar-refractivity contribution in [1.29, 1.82) is 5.26 Å². The van der Waals surface area contributed by atoms with Gasteiger partial charge in [0, 0.05) is 5.69 Å². The molecular weight excluding hydrogens is 260 g/mol. The zero-order valence-corrected chi connectivity index (χ0v) is 9.60. The number of carboxylic acid groups (broad SMARTS) is 2. The van der Waals surface area contributed by atoms with E-state index >= 15 is 0 Å². The van der Waals surface area contributed by atoms with Crippen molar-refractivity contribution in [1.82, 2.24) is 0 Å². The molecule has 1 aromatic rings. The molecule has 0 aliphatic rings. The van der Waals surface area contributed by atoms with Gasteiger partial charge in [0.1, 0.15) is 11.8 Å². The van der Waals surface area contributed by atoms with Crippen molar-refractivity contribution in [3.8, 4) is 6.07 Å². The van der Waals surface area contributed by atoms with Crippen LogP contribution in [0.3, 0.4) is 0 Å². The molecule has 0 heterocycles. The number of rotatable bonds is 4. The molecule has 0 radical (unpaired) electrons. The number of anilines is 1. The predicted molar refractivity (Wildman–Crippen MR) is 63.1 cm³/mol. The van der Waals surface area contributed by atoms with Gasteiger partial charge in [-0.15, -0.1) is 0 Å². The minimum atomic E-state index is -1.43. The van der Waals surface area contributed by atoms with Crippen molar-refractivity contribution in [2.24, 2.45) is 0 Å². The second-order valence-electron chi connectivity index (χ2n) is 3.13. The number of halogens is 1. The summed E-state index contributed by atoms with van der Waals surface area (Å²) in [5, 5.41) is 28.6. The zero-order chi connectivity index (χ0) is 13.7. The second-order valence-corrected chi connectivity index (χ2v) is 3.54. The van der Waals surface area contributed by atoms with Gasteiger partial charge in [-0.2, -0.15) is 5.26 Å². The lowest BCUT2D eigenvalue weighted by atomic mass is 10.2. The SMILES string of the molecule is N#Cc1cc(NC(=CC(=O)O)C(=O)O)ccc1Cl. The van der Waals surface area contributed by atoms with Gasteiger partial charge in [-0.05, 0) is 18.2 Å². The van der Waals surface area contributed by atoms with Gasteiger partial charge in [0.2, 0.25) is 0 Å². The van der Waals surface area contributed by atoms with E-state index in [9.17, 15) is 9.59 Å². The fourth-order valence-electron chi connectivity index (χ4n) is 1.12. The maximum atomic E-state index is 10.8. The first-order chi connectivity index (χ1) is 8.43. The Morgan fingerprint density at radius 3 is 2.56 bits per heavy atom. The summed E-state index contributed by atoms with van der Waals surface area (Å²) in [5.41, 5.74) is -0.110. The van der Waals surface area contributed by atoms with Gasteiger partial charge >= 0.3 is 11.9 Å². The average molecular weight is 267 g/mol. The first kappa shape index (κ1) is 13.5. The molecule has 0 saturated carbocycles. The van der Waals surface area contributed by atoms with E-state index in [0.29, 0.717) is 6.08 Å². The molecule has 7 heteroatoms. The number of benzene rings is 1. The van der Waals surface area contributed by atoms with Crippen LogP contribution in [0.4, 0.5) is 5.69 Å². The van der Waals surface area contributed by atoms with Crippen LogP contribution in [-0.2, 0) is 9.59 Å². The largest absolute Gasteiger partial charge is 0.478 e. The predicted octanol–water partition coefficient (Wildman–Crippen LogP) is 1.68. The van der Waals surface area contributed by atoms with E-state index in [1.54, 1.807) is 0 Å². The summed E-state index contributed by atoms with van der Waals surface area (Å²) in [7, 11) is 0. The molecule has 0 unspecified atom stereocenters. The summed E-state index contributed by atoms with van der Waals surface area (Å²) >= 11 is 5.70. The van der Waals surface area contributed by atoms with Crippen molar-refractivity contribution in [2.45, 2.75) is 0 Å². The van der Waals surface area contributed by atoms with E-state index in [1.807, 2.05) is 6.07 Å². The van der Waals surface area contributed by atoms with Crippen molar-refractivity contribution >= 4 is 29.2 Å². The maximum absolute atomic E-state index is 10.8. The quantitative estimate of drug-likeness (QED) is 0.715. The summed E-state index contributed by atoms with van der Waals surface area (Å²) in [6, 6.07) is 5.98. The Morgan fingerprint density at radius 2 is 2.06 bits per heavy atom. The van der Waals surface area contributed by atoms with E-state index in [1.165, 1.54) is 18.2 Å². The molecule has 1 aromatic carbocycles. The normalized spacial score (nSPS) is 10.6. The van der Waals surface area contributed by atoms with Gasteiger partial charge in [0.05, 0.1) is 16.7 Å². The Morgan fingerprint density at radius 1 is 1.39 bits per heavy atom. The third kappa shape index (κ3) is 3.50. The average Bonchev–Trinajstić information content (AvgIpc) is 2.29. The Labute approximate surface area is 107 Å². The standard InChI is InChI=1S/C11H7ClN2O4/c12-8-2-1-7(3-6(8)5-13)14-9(11(17)18)4-10(15)16/h1-4,14H,(H,15,16)(H,17,18). The molecule has 92 valence electrons. The number of nitrogens with zero attached hydrogens (tertiary/aromatic N) is 1. The number of carbonyl (C=O) groups is 2. The summed E-state index contributed by atoms with van der Waals surface area (Å²) < 4.78 is 0. The number of nitriles is 1. The molecule has 1 rings (SSSR count). The van der Waals surface area contributed by atoms with Gasteiger partial charge in [0.15, 0.2) is 0 Å². The van der Waals surface area contributed by atoms with E-state index in [4.69, 9.17) is 27.1 Å². The molecule has 0 spiro atoms. The minimum Gasteiger partial charge on any atom is -0.478 e. The van der Waals surface area contributed by atoms with E-state index in [2.05, 4.69) is 5.32 Å². The van der Waals surface area contributed by atoms with Crippen LogP contribution in [-0.4, -0.2) is 22.2 Å². The summed E-state index contributed by atoms with van der Waals surface area (Å²) in [5.74, 6) is -2.82. The van der Waals surface area contributed by atoms with Gasteiger partial charge in [-0.1, -0.05) is 11.6 Å². The Balaban J connectivity index is 3.06. The molecule has 0 saturated heterocycles. The second kappa shape index (κ2) is 5.70. The lowest BCUT2D eigenvalue weighted by Crippen LogP contribution is -2.12. The highest BCUT2D eigenvalue weighted by Gasteiger charge is 2.10. The number of nitrogens with one attached hydrogen (secondary N) is 1. The number of aliphatic carboxylic acids is 2. The van der Waals surface area contributed by atoms with Crippen LogP contribution >= 0.6 is 11.6 Å². The molecule has 6 nitrogen and oxygen atoms in total. The van der Waals surface area contributed by atoms with Crippen LogP contribution in [0.25, 0.3) is 0 Å². The maximum Gasteiger partial charge on any atom is 0.352 e. The molecule has 0 aromatic heterocycles. The van der Waals surface area contributed by atoms with Crippen LogP contribution in [0, 0.1) is 11.3 Å². The van der Waals surface area contributed by atoms with Crippen LogP contribution in [0.5, 0.6) is 0 Å². The summed E-state index contributed by atoms with van der Waals surface area (Å²) in [4.78, 5) is 21.2. The van der Waals surface area contributed by atoms with Crippen LogP contribution < -0.4 is 5.32 Å². The molecular formula is C11H7ClN2O4. The molecule has 0 aliphatic carbocycles. The number of hydrogen-bond donors (Lipinski definition) is 3. The summed E-state index contributed by atoms with van der Waals surface area (Å²) in [6.45, 7) is 0. The number of hydrogen-bond acceptors (Lipinski definition) is 4. The van der Waals surface area contributed by atoms with Gasteiger partial charge < -0.3 is 15.5 Å². The van der Waals surface area contributed by atoms with E-state index in [-0.39, 0.29) is 16.3 Å². The van der Waals surface area contributed by atoms with Crippen molar-refractivity contribution < 1.29 is 19.8 Å². The van der Waals surface area contributed by atoms with Crippen molar-refractivity contribution in [2.75, 3.05) is 5.32 Å². The minimum absolute atomic E-state index is 0.154. The third-order valence-corrected chi connectivity index (χ3v) is 2.19. The van der Waals surface area contributed by atoms with Gasteiger partial charge in [-0.25, -0.2) is 9.59 Å². The fraction of sp³-hybridized carbons (Fsp3) is 0. The third-order valence-electron chi connectivity index (χ3n) is 1.86. The van der Waals surface area contributed by atoms with Crippen LogP contribution in [0.2, 0.25) is 5.02 Å². The molecule has 18 heavy (non-hydrogen) atoms. The monoisotopic (exact) mass is 266 g/mol. The highest BCUT2D eigenvalue weighted by molar-refractivity contribution is 6.31. The van der Waals surface area contributed by atoms with E-state index < -0.39 is 17.6 Å². The van der Waals surface area contributed by atoms with Crippen molar-refractivity contribution in [3.05, 3.63) is 40.6 Å². The highest BCUT2D eigenvalue weighted by atomic mass is 35.5. The number of carboxylic acids is 2.